The Morgan fingerprint density at radius 1 is 1.11 bits per heavy atom. The summed E-state index contributed by atoms with van der Waals surface area (Å²) in [5, 5.41) is 3.13. The van der Waals surface area contributed by atoms with E-state index in [0.717, 1.165) is 48.7 Å². The molecule has 2 aromatic carbocycles. The molecule has 6 heteroatoms. The van der Waals surface area contributed by atoms with Gasteiger partial charge in [-0.3, -0.25) is 4.90 Å². The number of fused-ring (bicyclic) bond motifs is 1. The van der Waals surface area contributed by atoms with Crippen LogP contribution in [-0.4, -0.2) is 28.0 Å². The fourth-order valence-corrected chi connectivity index (χ4v) is 3.35. The highest BCUT2D eigenvalue weighted by molar-refractivity contribution is 5.53. The van der Waals surface area contributed by atoms with E-state index in [0.29, 0.717) is 12.6 Å². The molecule has 0 spiro atoms. The Labute approximate surface area is 164 Å². The molecule has 4 rings (SSSR count). The Morgan fingerprint density at radius 2 is 1.89 bits per heavy atom. The number of ether oxygens (including phenoxy) is 1. The maximum atomic E-state index is 13.0. The zero-order valence-corrected chi connectivity index (χ0v) is 15.9. The lowest BCUT2D eigenvalue weighted by atomic mass is 10.1. The molecule has 0 unspecified atom stereocenters. The minimum atomic E-state index is -0.260. The molecule has 28 heavy (non-hydrogen) atoms. The van der Waals surface area contributed by atoms with Crippen molar-refractivity contribution < 1.29 is 9.13 Å². The molecular weight excluding hydrogens is 355 g/mol. The molecule has 1 aromatic heterocycles. The van der Waals surface area contributed by atoms with Gasteiger partial charge < -0.3 is 10.1 Å². The van der Waals surface area contributed by atoms with Gasteiger partial charge in [-0.15, -0.1) is 0 Å². The molecule has 0 saturated heterocycles. The van der Waals surface area contributed by atoms with E-state index in [4.69, 9.17) is 4.74 Å². The van der Waals surface area contributed by atoms with Gasteiger partial charge >= 0.3 is 0 Å². The second-order valence-electron chi connectivity index (χ2n) is 6.84. The molecule has 0 aliphatic carbocycles. The van der Waals surface area contributed by atoms with Crippen molar-refractivity contribution in [3.8, 4) is 5.75 Å². The lowest BCUT2D eigenvalue weighted by Gasteiger charge is -2.28. The molecule has 0 fully saturated rings. The number of nitrogens with one attached hydrogen (secondary N) is 1. The van der Waals surface area contributed by atoms with Gasteiger partial charge in [0.1, 0.15) is 11.6 Å². The lowest BCUT2D eigenvalue weighted by molar-refractivity contribution is 0.243. The number of halogens is 1. The maximum absolute atomic E-state index is 13.0. The van der Waals surface area contributed by atoms with Crippen LogP contribution in [0.2, 0.25) is 0 Å². The first-order valence-electron chi connectivity index (χ1n) is 9.51. The van der Waals surface area contributed by atoms with Crippen molar-refractivity contribution in [3.05, 3.63) is 77.4 Å². The molecule has 5 nitrogen and oxygen atoms in total. The molecular formula is C22H23FN4O. The third-order valence-corrected chi connectivity index (χ3v) is 4.75. The highest BCUT2D eigenvalue weighted by Gasteiger charge is 2.18. The van der Waals surface area contributed by atoms with Crippen molar-refractivity contribution in [1.29, 1.82) is 0 Å². The number of benzene rings is 2. The normalized spacial score (nSPS) is 13.8. The average Bonchev–Trinajstić information content (AvgIpc) is 2.71. The van der Waals surface area contributed by atoms with Crippen molar-refractivity contribution in [3.63, 3.8) is 0 Å². The van der Waals surface area contributed by atoms with Gasteiger partial charge in [0.05, 0.1) is 12.3 Å². The summed E-state index contributed by atoms with van der Waals surface area (Å²) in [6.07, 6.45) is 2.77. The smallest absolute Gasteiger partial charge is 0.227 e. The first kappa shape index (κ1) is 18.4. The minimum Gasteiger partial charge on any atom is -0.494 e. The molecule has 144 valence electrons. The van der Waals surface area contributed by atoms with E-state index in [1.807, 2.05) is 25.3 Å². The van der Waals surface area contributed by atoms with Crippen LogP contribution in [0, 0.1) is 5.82 Å². The summed E-state index contributed by atoms with van der Waals surface area (Å²) in [7, 11) is 0. The Balaban J connectivity index is 1.39. The second kappa shape index (κ2) is 8.35. The number of hydrogen-bond acceptors (Lipinski definition) is 5. The van der Waals surface area contributed by atoms with Crippen LogP contribution in [0.5, 0.6) is 5.75 Å². The van der Waals surface area contributed by atoms with Gasteiger partial charge in [0.2, 0.25) is 5.95 Å². The van der Waals surface area contributed by atoms with E-state index < -0.39 is 0 Å². The van der Waals surface area contributed by atoms with Crippen molar-refractivity contribution in [2.45, 2.75) is 26.4 Å². The highest BCUT2D eigenvalue weighted by Crippen LogP contribution is 2.22. The average molecular weight is 378 g/mol. The summed E-state index contributed by atoms with van der Waals surface area (Å²) in [6.45, 7) is 5.34. The van der Waals surface area contributed by atoms with Gasteiger partial charge in [-0.25, -0.2) is 14.4 Å². The van der Waals surface area contributed by atoms with Gasteiger partial charge in [0.15, 0.2) is 0 Å². The fraction of sp³-hybridized carbons (Fsp3) is 0.273. The zero-order valence-electron chi connectivity index (χ0n) is 15.9. The summed E-state index contributed by atoms with van der Waals surface area (Å²) in [6, 6.07) is 14.5. The Hall–Kier alpha value is -2.99. The molecule has 0 atom stereocenters. The Bertz CT molecular complexity index is 928. The number of anilines is 2. The summed E-state index contributed by atoms with van der Waals surface area (Å²) in [5.41, 5.74) is 4.26. The van der Waals surface area contributed by atoms with E-state index in [-0.39, 0.29) is 5.82 Å². The van der Waals surface area contributed by atoms with Crippen LogP contribution in [0.25, 0.3) is 0 Å². The van der Waals surface area contributed by atoms with Crippen molar-refractivity contribution >= 4 is 11.6 Å². The number of hydrogen-bond donors (Lipinski definition) is 1. The predicted molar refractivity (Wildman–Crippen MR) is 107 cm³/mol. The summed E-state index contributed by atoms with van der Waals surface area (Å²) < 4.78 is 18.5. The quantitative estimate of drug-likeness (QED) is 0.692. The lowest BCUT2D eigenvalue weighted by Crippen LogP contribution is -2.31. The molecule has 2 heterocycles. The molecule has 1 aliphatic rings. The third kappa shape index (κ3) is 4.46. The zero-order chi connectivity index (χ0) is 19.3. The largest absolute Gasteiger partial charge is 0.494 e. The maximum Gasteiger partial charge on any atom is 0.227 e. The van der Waals surface area contributed by atoms with E-state index in [1.165, 1.54) is 17.7 Å². The van der Waals surface area contributed by atoms with E-state index >= 15 is 0 Å². The minimum absolute atomic E-state index is 0.260. The van der Waals surface area contributed by atoms with Crippen LogP contribution in [0.1, 0.15) is 23.7 Å². The summed E-state index contributed by atoms with van der Waals surface area (Å²) in [5.74, 6) is 1.19. The van der Waals surface area contributed by atoms with Gasteiger partial charge in [-0.1, -0.05) is 12.1 Å². The molecule has 1 aliphatic heterocycles. The summed E-state index contributed by atoms with van der Waals surface area (Å²) in [4.78, 5) is 11.5. The molecule has 3 aromatic rings. The Morgan fingerprint density at radius 3 is 2.64 bits per heavy atom. The van der Waals surface area contributed by atoms with E-state index in [9.17, 15) is 4.39 Å². The van der Waals surface area contributed by atoms with Crippen LogP contribution in [0.15, 0.2) is 54.7 Å². The monoisotopic (exact) mass is 378 g/mol. The van der Waals surface area contributed by atoms with Crippen LogP contribution < -0.4 is 10.1 Å². The van der Waals surface area contributed by atoms with Gasteiger partial charge in [-0.05, 0) is 48.9 Å². The van der Waals surface area contributed by atoms with Gasteiger partial charge in [-0.2, -0.15) is 0 Å². The molecule has 0 saturated carbocycles. The van der Waals surface area contributed by atoms with Crippen LogP contribution in [0.4, 0.5) is 16.0 Å². The number of aromatic nitrogens is 2. The highest BCUT2D eigenvalue weighted by atomic mass is 19.1. The Kier molecular flexibility index (Phi) is 5.48. The van der Waals surface area contributed by atoms with Gasteiger partial charge in [0.25, 0.3) is 0 Å². The summed E-state index contributed by atoms with van der Waals surface area (Å²) >= 11 is 0. The fourth-order valence-electron chi connectivity index (χ4n) is 3.35. The number of nitrogens with zero attached hydrogens (tertiary/aromatic N) is 3. The first-order valence-corrected chi connectivity index (χ1v) is 9.51. The van der Waals surface area contributed by atoms with Gasteiger partial charge in [0, 0.05) is 43.5 Å². The third-order valence-electron chi connectivity index (χ3n) is 4.75. The topological polar surface area (TPSA) is 50.3 Å². The van der Waals surface area contributed by atoms with Crippen molar-refractivity contribution in [1.82, 2.24) is 14.9 Å². The first-order chi connectivity index (χ1) is 13.7. The van der Waals surface area contributed by atoms with Crippen molar-refractivity contribution in [2.75, 3.05) is 18.5 Å². The standard InChI is InChI=1S/C22H23FN4O/c1-2-28-20-9-3-16(4-10-20)14-27-12-11-21-17(15-27)13-24-22(26-21)25-19-7-5-18(23)6-8-19/h3-10,13H,2,11-12,14-15H2,1H3,(H,24,25,26). The van der Waals surface area contributed by atoms with Crippen LogP contribution in [0.3, 0.4) is 0 Å². The molecule has 0 radical (unpaired) electrons. The van der Waals surface area contributed by atoms with Crippen LogP contribution in [-0.2, 0) is 19.5 Å². The second-order valence-corrected chi connectivity index (χ2v) is 6.84. The number of rotatable bonds is 6. The molecule has 0 amide bonds. The molecule has 0 bridgehead atoms. The van der Waals surface area contributed by atoms with Crippen LogP contribution >= 0.6 is 0 Å². The van der Waals surface area contributed by atoms with E-state index in [2.05, 4.69) is 32.3 Å². The van der Waals surface area contributed by atoms with Crippen molar-refractivity contribution in [2.24, 2.45) is 0 Å². The van der Waals surface area contributed by atoms with E-state index in [1.54, 1.807) is 12.1 Å². The molecule has 1 N–H and O–H groups in total. The SMILES string of the molecule is CCOc1ccc(CN2CCc3nc(Nc4ccc(F)cc4)ncc3C2)cc1. The predicted octanol–water partition coefficient (Wildman–Crippen LogP) is 4.32.